The van der Waals surface area contributed by atoms with Gasteiger partial charge in [-0.1, -0.05) is 61.9 Å². The molecule has 2 saturated carbocycles. The van der Waals surface area contributed by atoms with E-state index in [4.69, 9.17) is 11.6 Å². The van der Waals surface area contributed by atoms with Crippen molar-refractivity contribution in [3.63, 3.8) is 0 Å². The van der Waals surface area contributed by atoms with Gasteiger partial charge in [-0.3, -0.25) is 0 Å². The number of hydrogen-bond donors (Lipinski definition) is 2. The maximum Gasteiger partial charge on any atom is 0.0602 e. The summed E-state index contributed by atoms with van der Waals surface area (Å²) in [5.74, 6) is 0.867. The molecular weight excluding hydrogens is 304 g/mol. The Morgan fingerprint density at radius 2 is 1.78 bits per heavy atom. The summed E-state index contributed by atoms with van der Waals surface area (Å²) >= 11 is 6.57. The molecular formula is C20H31ClN2. The highest BCUT2D eigenvalue weighted by atomic mass is 35.5. The summed E-state index contributed by atoms with van der Waals surface area (Å²) in [6.45, 7) is 1.17. The van der Waals surface area contributed by atoms with Gasteiger partial charge in [0.2, 0.25) is 0 Å². The monoisotopic (exact) mass is 334 g/mol. The minimum atomic E-state index is -0.0226. The van der Waals surface area contributed by atoms with Crippen molar-refractivity contribution in [1.82, 2.24) is 10.6 Å². The van der Waals surface area contributed by atoms with Crippen LogP contribution in [0.3, 0.4) is 0 Å². The zero-order chi connectivity index (χ0) is 16.1. The molecule has 1 aromatic rings. The predicted molar refractivity (Wildman–Crippen MR) is 99.0 cm³/mol. The molecule has 0 heterocycles. The number of nitrogens with one attached hydrogen (secondary N) is 2. The largest absolute Gasteiger partial charge is 0.312 e. The van der Waals surface area contributed by atoms with Gasteiger partial charge in [-0.05, 0) is 56.8 Å². The Morgan fingerprint density at radius 3 is 2.52 bits per heavy atom. The number of halogens is 1. The standard InChI is InChI=1S/C20H31ClN2/c1-22-20(17-11-5-6-12-18(17)21)14-8-7-13-19(20)23-15-16-9-3-2-4-10-16/h5-6,11-12,16,19,22-23H,2-4,7-10,13-15H2,1H3/t19-,20+/m0/s1. The second-order valence-corrected chi connectivity index (χ2v) is 7.82. The summed E-state index contributed by atoms with van der Waals surface area (Å²) in [5.41, 5.74) is 1.25. The average molecular weight is 335 g/mol. The van der Waals surface area contributed by atoms with Crippen molar-refractivity contribution >= 4 is 11.6 Å². The molecule has 2 fully saturated rings. The van der Waals surface area contributed by atoms with Gasteiger partial charge in [0.25, 0.3) is 0 Å². The van der Waals surface area contributed by atoms with E-state index >= 15 is 0 Å². The van der Waals surface area contributed by atoms with Gasteiger partial charge in [0.15, 0.2) is 0 Å². The van der Waals surface area contributed by atoms with Gasteiger partial charge in [0.1, 0.15) is 0 Å². The van der Waals surface area contributed by atoms with Crippen LogP contribution < -0.4 is 10.6 Å². The van der Waals surface area contributed by atoms with Gasteiger partial charge in [-0.25, -0.2) is 0 Å². The minimum absolute atomic E-state index is 0.0226. The molecule has 0 unspecified atom stereocenters. The van der Waals surface area contributed by atoms with Gasteiger partial charge in [0.05, 0.1) is 5.54 Å². The van der Waals surface area contributed by atoms with Crippen LogP contribution in [0.1, 0.15) is 63.4 Å². The van der Waals surface area contributed by atoms with E-state index in [1.165, 1.54) is 63.5 Å². The Morgan fingerprint density at radius 1 is 1.04 bits per heavy atom. The molecule has 0 amide bonds. The lowest BCUT2D eigenvalue weighted by Gasteiger charge is -2.46. The Labute approximate surface area is 146 Å². The van der Waals surface area contributed by atoms with Crippen LogP contribution >= 0.6 is 11.6 Å². The average Bonchev–Trinajstić information content (AvgIpc) is 2.61. The van der Waals surface area contributed by atoms with Crippen LogP contribution in [-0.4, -0.2) is 19.6 Å². The van der Waals surface area contributed by atoms with Crippen LogP contribution in [0.25, 0.3) is 0 Å². The van der Waals surface area contributed by atoms with E-state index < -0.39 is 0 Å². The predicted octanol–water partition coefficient (Wildman–Crippen LogP) is 4.87. The molecule has 2 atom stereocenters. The summed E-state index contributed by atoms with van der Waals surface area (Å²) in [6.07, 6.45) is 12.0. The van der Waals surface area contributed by atoms with E-state index in [-0.39, 0.29) is 5.54 Å². The van der Waals surface area contributed by atoms with Crippen molar-refractivity contribution in [3.8, 4) is 0 Å². The second kappa shape index (κ2) is 8.00. The molecule has 0 aliphatic heterocycles. The fourth-order valence-corrected chi connectivity index (χ4v) is 5.03. The van der Waals surface area contributed by atoms with Crippen molar-refractivity contribution < 1.29 is 0 Å². The van der Waals surface area contributed by atoms with Crippen molar-refractivity contribution in [2.45, 2.75) is 69.4 Å². The molecule has 2 aliphatic rings. The van der Waals surface area contributed by atoms with Crippen molar-refractivity contribution in [1.29, 1.82) is 0 Å². The maximum absolute atomic E-state index is 6.57. The first-order chi connectivity index (χ1) is 11.3. The molecule has 0 radical (unpaired) electrons. The van der Waals surface area contributed by atoms with E-state index in [0.29, 0.717) is 6.04 Å². The summed E-state index contributed by atoms with van der Waals surface area (Å²) in [5, 5.41) is 8.50. The van der Waals surface area contributed by atoms with Crippen LogP contribution in [-0.2, 0) is 5.54 Å². The summed E-state index contributed by atoms with van der Waals surface area (Å²) < 4.78 is 0. The highest BCUT2D eigenvalue weighted by Gasteiger charge is 2.42. The summed E-state index contributed by atoms with van der Waals surface area (Å²) in [7, 11) is 2.10. The topological polar surface area (TPSA) is 24.1 Å². The SMILES string of the molecule is CN[C@@]1(c2ccccc2Cl)CCCC[C@@H]1NCC1CCCCC1. The van der Waals surface area contributed by atoms with E-state index in [2.05, 4.69) is 29.8 Å². The Bertz CT molecular complexity index is 498. The third kappa shape index (κ3) is 3.75. The van der Waals surface area contributed by atoms with Gasteiger partial charge < -0.3 is 10.6 Å². The van der Waals surface area contributed by atoms with E-state index in [0.717, 1.165) is 17.4 Å². The molecule has 3 rings (SSSR count). The number of benzene rings is 1. The lowest BCUT2D eigenvalue weighted by atomic mass is 9.72. The molecule has 2 aliphatic carbocycles. The number of hydrogen-bond acceptors (Lipinski definition) is 2. The fourth-order valence-electron chi connectivity index (χ4n) is 4.73. The molecule has 1 aromatic carbocycles. The van der Waals surface area contributed by atoms with Gasteiger partial charge in [-0.2, -0.15) is 0 Å². The second-order valence-electron chi connectivity index (χ2n) is 7.41. The Balaban J connectivity index is 1.77. The maximum atomic E-state index is 6.57. The third-order valence-electron chi connectivity index (χ3n) is 6.09. The lowest BCUT2D eigenvalue weighted by molar-refractivity contribution is 0.168. The van der Waals surface area contributed by atoms with Gasteiger partial charge in [-0.15, -0.1) is 0 Å². The van der Waals surface area contributed by atoms with E-state index in [9.17, 15) is 0 Å². The first kappa shape index (κ1) is 17.3. The number of rotatable bonds is 5. The zero-order valence-corrected chi connectivity index (χ0v) is 15.2. The van der Waals surface area contributed by atoms with Crippen molar-refractivity contribution in [3.05, 3.63) is 34.9 Å². The zero-order valence-electron chi connectivity index (χ0n) is 14.4. The first-order valence-electron chi connectivity index (χ1n) is 9.43. The molecule has 0 spiro atoms. The Hall–Kier alpha value is -0.570. The van der Waals surface area contributed by atoms with Crippen molar-refractivity contribution in [2.24, 2.45) is 5.92 Å². The highest BCUT2D eigenvalue weighted by molar-refractivity contribution is 6.31. The molecule has 23 heavy (non-hydrogen) atoms. The van der Waals surface area contributed by atoms with E-state index in [1.807, 2.05) is 12.1 Å². The Kier molecular flexibility index (Phi) is 6.01. The lowest BCUT2D eigenvalue weighted by Crippen LogP contribution is -2.58. The van der Waals surface area contributed by atoms with Gasteiger partial charge >= 0.3 is 0 Å². The fraction of sp³-hybridized carbons (Fsp3) is 0.700. The molecule has 2 N–H and O–H groups in total. The molecule has 128 valence electrons. The third-order valence-corrected chi connectivity index (χ3v) is 6.42. The quantitative estimate of drug-likeness (QED) is 0.803. The summed E-state index contributed by atoms with van der Waals surface area (Å²) in [6, 6.07) is 8.86. The van der Waals surface area contributed by atoms with E-state index in [1.54, 1.807) is 0 Å². The van der Waals surface area contributed by atoms with Crippen LogP contribution in [0.5, 0.6) is 0 Å². The summed E-state index contributed by atoms with van der Waals surface area (Å²) in [4.78, 5) is 0. The smallest absolute Gasteiger partial charge is 0.0602 e. The molecule has 0 saturated heterocycles. The van der Waals surface area contributed by atoms with Gasteiger partial charge in [0, 0.05) is 11.1 Å². The first-order valence-corrected chi connectivity index (χ1v) is 9.81. The molecule has 2 nitrogen and oxygen atoms in total. The normalized spacial score (nSPS) is 29.6. The van der Waals surface area contributed by atoms with Crippen LogP contribution in [0.4, 0.5) is 0 Å². The highest BCUT2D eigenvalue weighted by Crippen LogP contribution is 2.40. The minimum Gasteiger partial charge on any atom is -0.312 e. The van der Waals surface area contributed by atoms with Crippen LogP contribution in [0, 0.1) is 5.92 Å². The van der Waals surface area contributed by atoms with Crippen LogP contribution in [0.2, 0.25) is 5.02 Å². The molecule has 0 aromatic heterocycles. The molecule has 0 bridgehead atoms. The van der Waals surface area contributed by atoms with Crippen LogP contribution in [0.15, 0.2) is 24.3 Å². The molecule has 3 heteroatoms. The van der Waals surface area contributed by atoms with Crippen molar-refractivity contribution in [2.75, 3.05) is 13.6 Å². The number of likely N-dealkylation sites (N-methyl/N-ethyl adjacent to an activating group) is 1.